The number of nitrogens with zero attached hydrogens (tertiary/aromatic N) is 2. The third-order valence-corrected chi connectivity index (χ3v) is 7.86. The molecule has 0 aliphatic carbocycles. The highest BCUT2D eigenvalue weighted by Crippen LogP contribution is 2.35. The fourth-order valence-corrected chi connectivity index (χ4v) is 5.26. The summed E-state index contributed by atoms with van der Waals surface area (Å²) in [6, 6.07) is 29.7. The first kappa shape index (κ1) is 28.2. The maximum absolute atomic E-state index is 6.55. The van der Waals surface area contributed by atoms with Crippen LogP contribution in [0.25, 0.3) is 0 Å². The van der Waals surface area contributed by atoms with Gasteiger partial charge in [-0.05, 0) is 53.1 Å². The lowest BCUT2D eigenvalue weighted by Crippen LogP contribution is -2.28. The van der Waals surface area contributed by atoms with Gasteiger partial charge in [-0.2, -0.15) is 0 Å². The molecule has 0 spiro atoms. The van der Waals surface area contributed by atoms with Crippen LogP contribution in [0.4, 0.5) is 5.69 Å². The van der Waals surface area contributed by atoms with Crippen LogP contribution in [0.5, 0.6) is 11.5 Å². The van der Waals surface area contributed by atoms with Crippen molar-refractivity contribution < 1.29 is 9.47 Å². The van der Waals surface area contributed by atoms with Crippen molar-refractivity contribution in [1.29, 1.82) is 0 Å². The van der Waals surface area contributed by atoms with Crippen LogP contribution in [-0.2, 0) is 18.8 Å². The van der Waals surface area contributed by atoms with E-state index < -0.39 is 0 Å². The van der Waals surface area contributed by atoms with E-state index in [9.17, 15) is 0 Å². The zero-order valence-corrected chi connectivity index (χ0v) is 24.1. The van der Waals surface area contributed by atoms with Gasteiger partial charge in [-0.15, -0.1) is 0 Å². The summed E-state index contributed by atoms with van der Waals surface area (Å²) in [6.07, 6.45) is 0. The number of ether oxygens (including phenoxy) is 2. The zero-order chi connectivity index (χ0) is 26.9. The Balaban J connectivity index is 1.74. The maximum atomic E-state index is 6.55. The molecule has 196 valence electrons. The lowest BCUT2D eigenvalue weighted by molar-refractivity contribution is 0.405. The monoisotopic (exact) mass is 584 g/mol. The van der Waals surface area contributed by atoms with Crippen LogP contribution in [-0.4, -0.2) is 24.3 Å². The molecule has 0 aromatic heterocycles. The summed E-state index contributed by atoms with van der Waals surface area (Å²) in [5.41, 5.74) is 3.99. The number of amidine groups is 1. The normalized spacial score (nSPS) is 11.3. The van der Waals surface area contributed by atoms with Crippen molar-refractivity contribution in [2.75, 3.05) is 14.2 Å². The predicted molar refractivity (Wildman–Crippen MR) is 162 cm³/mol. The number of halogens is 3. The Labute approximate surface area is 243 Å². The van der Waals surface area contributed by atoms with Gasteiger partial charge in [0.25, 0.3) is 0 Å². The highest BCUT2D eigenvalue weighted by Gasteiger charge is 2.17. The Morgan fingerprint density at radius 3 is 1.74 bits per heavy atom. The summed E-state index contributed by atoms with van der Waals surface area (Å²) >= 11 is 20.7. The van der Waals surface area contributed by atoms with E-state index in [0.717, 1.165) is 33.5 Å². The number of aliphatic imine (C=N–C) groups is 1. The molecule has 0 amide bonds. The van der Waals surface area contributed by atoms with E-state index in [4.69, 9.17) is 49.3 Å². The van der Waals surface area contributed by atoms with Gasteiger partial charge in [0, 0.05) is 18.8 Å². The van der Waals surface area contributed by atoms with Crippen LogP contribution in [0.2, 0.25) is 15.1 Å². The molecule has 0 aliphatic rings. The fraction of sp³-hybridized carbons (Fsp3) is 0.167. The van der Waals surface area contributed by atoms with E-state index in [1.807, 2.05) is 42.5 Å². The molecule has 0 aliphatic heterocycles. The largest absolute Gasteiger partial charge is 0.497 e. The van der Waals surface area contributed by atoms with Crippen molar-refractivity contribution in [3.8, 4) is 11.5 Å². The van der Waals surface area contributed by atoms with Gasteiger partial charge in [-0.3, -0.25) is 0 Å². The Bertz CT molecular complexity index is 1320. The van der Waals surface area contributed by atoms with E-state index in [2.05, 4.69) is 41.3 Å². The number of hydrogen-bond donors (Lipinski definition) is 0. The summed E-state index contributed by atoms with van der Waals surface area (Å²) in [4.78, 5) is 7.25. The van der Waals surface area contributed by atoms with Crippen molar-refractivity contribution in [3.05, 3.63) is 123 Å². The maximum Gasteiger partial charge on any atom is 0.165 e. The predicted octanol–water partition coefficient (Wildman–Crippen LogP) is 9.29. The van der Waals surface area contributed by atoms with E-state index in [-0.39, 0.29) is 0 Å². The number of hydrogen-bond acceptors (Lipinski definition) is 4. The molecule has 0 bridgehead atoms. The highest BCUT2D eigenvalue weighted by atomic mass is 35.5. The molecule has 0 heterocycles. The third-order valence-electron chi connectivity index (χ3n) is 5.75. The quantitative estimate of drug-likeness (QED) is 0.111. The van der Waals surface area contributed by atoms with Gasteiger partial charge >= 0.3 is 0 Å². The molecule has 0 saturated heterocycles. The van der Waals surface area contributed by atoms with Gasteiger partial charge in [0.2, 0.25) is 0 Å². The lowest BCUT2D eigenvalue weighted by atomic mass is 10.1. The van der Waals surface area contributed by atoms with Gasteiger partial charge in [-0.25, -0.2) is 4.99 Å². The first-order valence-electron chi connectivity index (χ1n) is 11.9. The Morgan fingerprint density at radius 2 is 1.21 bits per heavy atom. The molecule has 0 unspecified atom stereocenters. The average molecular weight is 586 g/mol. The molecule has 38 heavy (non-hydrogen) atoms. The summed E-state index contributed by atoms with van der Waals surface area (Å²) < 4.78 is 10.7. The molecule has 4 nitrogen and oxygen atoms in total. The second kappa shape index (κ2) is 13.8. The van der Waals surface area contributed by atoms with Crippen LogP contribution in [0.3, 0.4) is 0 Å². The number of rotatable bonds is 9. The number of thioether (sulfide) groups is 1. The molecular formula is C30H27Cl3N2O2S. The molecule has 4 aromatic carbocycles. The van der Waals surface area contributed by atoms with Crippen molar-refractivity contribution >= 4 is 57.4 Å². The van der Waals surface area contributed by atoms with Crippen LogP contribution in [0.15, 0.2) is 96.0 Å². The molecule has 0 radical (unpaired) electrons. The number of benzene rings is 4. The second-order valence-corrected chi connectivity index (χ2v) is 10.6. The molecule has 4 aromatic rings. The molecule has 0 saturated carbocycles. The minimum absolute atomic E-state index is 0.391. The number of methoxy groups -OCH3 is 2. The Hall–Kier alpha value is -2.83. The van der Waals surface area contributed by atoms with Crippen LogP contribution < -0.4 is 9.47 Å². The summed E-state index contributed by atoms with van der Waals surface area (Å²) in [5, 5.41) is 2.04. The van der Waals surface area contributed by atoms with Gasteiger partial charge in [-0.1, -0.05) is 101 Å². The zero-order valence-electron chi connectivity index (χ0n) is 21.0. The molecular weight excluding hydrogens is 559 g/mol. The van der Waals surface area contributed by atoms with Gasteiger partial charge in [0.05, 0.1) is 35.0 Å². The minimum Gasteiger partial charge on any atom is -0.497 e. The van der Waals surface area contributed by atoms with Gasteiger partial charge in [0.1, 0.15) is 11.5 Å². The van der Waals surface area contributed by atoms with Crippen LogP contribution in [0.1, 0.15) is 16.7 Å². The third kappa shape index (κ3) is 7.84. The summed E-state index contributed by atoms with van der Waals surface area (Å²) in [5.74, 6) is 2.36. The van der Waals surface area contributed by atoms with Crippen molar-refractivity contribution in [1.82, 2.24) is 4.90 Å². The molecule has 8 heteroatoms. The topological polar surface area (TPSA) is 34.1 Å². The minimum atomic E-state index is 0.391. The van der Waals surface area contributed by atoms with E-state index in [1.165, 1.54) is 5.56 Å². The van der Waals surface area contributed by atoms with Gasteiger partial charge in [0.15, 0.2) is 5.17 Å². The Kier molecular flexibility index (Phi) is 10.2. The molecule has 0 atom stereocenters. The summed E-state index contributed by atoms with van der Waals surface area (Å²) in [7, 11) is 3.33. The first-order chi connectivity index (χ1) is 18.4. The Morgan fingerprint density at radius 1 is 0.684 bits per heavy atom. The van der Waals surface area contributed by atoms with E-state index in [0.29, 0.717) is 33.8 Å². The first-order valence-corrected chi connectivity index (χ1v) is 14.0. The highest BCUT2D eigenvalue weighted by molar-refractivity contribution is 8.13. The second-order valence-electron chi connectivity index (χ2n) is 8.44. The summed E-state index contributed by atoms with van der Waals surface area (Å²) in [6.45, 7) is 1.24. The smallest absolute Gasteiger partial charge is 0.165 e. The molecule has 0 fully saturated rings. The van der Waals surface area contributed by atoms with E-state index >= 15 is 0 Å². The van der Waals surface area contributed by atoms with Crippen LogP contribution >= 0.6 is 46.6 Å². The van der Waals surface area contributed by atoms with Crippen molar-refractivity contribution in [2.24, 2.45) is 4.99 Å². The van der Waals surface area contributed by atoms with Crippen molar-refractivity contribution in [2.45, 2.75) is 18.8 Å². The average Bonchev–Trinajstić information content (AvgIpc) is 2.94. The lowest BCUT2D eigenvalue weighted by Gasteiger charge is -2.27. The molecule has 0 N–H and O–H groups in total. The fourth-order valence-electron chi connectivity index (χ4n) is 3.71. The SMILES string of the molecule is COc1ccc(CN(Cc2ccc(OC)cc2)C(=Nc2cc(Cl)c(Cl)cc2Cl)SCc2ccccc2)cc1. The van der Waals surface area contributed by atoms with Crippen molar-refractivity contribution in [3.63, 3.8) is 0 Å². The van der Waals surface area contributed by atoms with E-state index in [1.54, 1.807) is 38.1 Å². The standard InChI is InChI=1S/C30H27Cl3N2O2S/c1-36-24-12-8-21(9-13-24)18-35(19-22-10-14-25(37-2)15-11-22)30(38-20-23-6-4-3-5-7-23)34-29-17-27(32)26(31)16-28(29)33/h3-17H,18-20H2,1-2H3. The van der Waals surface area contributed by atoms with Gasteiger partial charge < -0.3 is 14.4 Å². The molecule has 4 rings (SSSR count). The van der Waals surface area contributed by atoms with Crippen LogP contribution in [0, 0.1) is 0 Å².